The molecule has 0 bridgehead atoms. The Morgan fingerprint density at radius 3 is 2.13 bits per heavy atom. The molecule has 0 aliphatic carbocycles. The first-order chi connectivity index (χ1) is 14.2. The van der Waals surface area contributed by atoms with Crippen LogP contribution in [-0.4, -0.2) is 20.9 Å². The fourth-order valence-corrected chi connectivity index (χ4v) is 4.97. The van der Waals surface area contributed by atoms with E-state index in [1.807, 2.05) is 0 Å². The van der Waals surface area contributed by atoms with Crippen LogP contribution < -0.4 is 9.62 Å². The molecule has 0 atom stereocenters. The Kier molecular flexibility index (Phi) is 7.16. The fourth-order valence-electron chi connectivity index (χ4n) is 2.62. The molecule has 0 saturated heterocycles. The number of carbonyl (C=O) groups is 1. The van der Waals surface area contributed by atoms with Gasteiger partial charge in [-0.3, -0.25) is 9.10 Å². The zero-order chi connectivity index (χ0) is 21.9. The van der Waals surface area contributed by atoms with E-state index in [9.17, 15) is 13.2 Å². The van der Waals surface area contributed by atoms with Gasteiger partial charge in [0.2, 0.25) is 5.91 Å². The number of carbonyl (C=O) groups excluding carboxylic acids is 1. The predicted molar refractivity (Wildman–Crippen MR) is 123 cm³/mol. The first-order valence-electron chi connectivity index (χ1n) is 8.46. The number of hydrogen-bond donors (Lipinski definition) is 1. The van der Waals surface area contributed by atoms with Crippen molar-refractivity contribution < 1.29 is 13.2 Å². The SMILES string of the molecule is O=C(CN(c1ccc(Cl)cc1Cl)S(=O)(=O)c1ccccc1)Nc1cc(Cl)ccc1Cl. The molecule has 30 heavy (non-hydrogen) atoms. The molecule has 156 valence electrons. The number of nitrogens with one attached hydrogen (secondary N) is 1. The van der Waals surface area contributed by atoms with Crippen molar-refractivity contribution in [3.05, 3.63) is 86.8 Å². The van der Waals surface area contributed by atoms with Crippen molar-refractivity contribution in [2.24, 2.45) is 0 Å². The number of rotatable bonds is 6. The standard InChI is InChI=1S/C20H14Cl4N2O3S/c21-13-7-9-19(17(24)10-13)26(30(28,29)15-4-2-1-3-5-15)12-20(27)25-18-11-14(22)6-8-16(18)23/h1-11H,12H2,(H,25,27). The monoisotopic (exact) mass is 502 g/mol. The van der Waals surface area contributed by atoms with Gasteiger partial charge >= 0.3 is 0 Å². The van der Waals surface area contributed by atoms with Crippen LogP contribution in [0.1, 0.15) is 0 Å². The lowest BCUT2D eigenvalue weighted by Gasteiger charge is -2.25. The fraction of sp³-hybridized carbons (Fsp3) is 0.0500. The molecule has 1 amide bonds. The van der Waals surface area contributed by atoms with Gasteiger partial charge < -0.3 is 5.32 Å². The van der Waals surface area contributed by atoms with Gasteiger partial charge in [-0.25, -0.2) is 8.42 Å². The highest BCUT2D eigenvalue weighted by atomic mass is 35.5. The largest absolute Gasteiger partial charge is 0.323 e. The zero-order valence-electron chi connectivity index (χ0n) is 15.2. The van der Waals surface area contributed by atoms with E-state index in [-0.39, 0.29) is 26.3 Å². The summed E-state index contributed by atoms with van der Waals surface area (Å²) in [5, 5.41) is 3.61. The van der Waals surface area contributed by atoms with Crippen LogP contribution in [0.2, 0.25) is 20.1 Å². The third-order valence-electron chi connectivity index (χ3n) is 4.00. The second kappa shape index (κ2) is 9.45. The number of hydrogen-bond acceptors (Lipinski definition) is 3. The molecule has 0 aliphatic rings. The van der Waals surface area contributed by atoms with Gasteiger partial charge in [0.1, 0.15) is 6.54 Å². The third kappa shape index (κ3) is 5.20. The summed E-state index contributed by atoms with van der Waals surface area (Å²) < 4.78 is 27.5. The van der Waals surface area contributed by atoms with Crippen LogP contribution in [0.15, 0.2) is 71.6 Å². The molecule has 10 heteroatoms. The summed E-state index contributed by atoms with van der Waals surface area (Å²) in [6, 6.07) is 16.6. The van der Waals surface area contributed by atoms with Crippen LogP contribution in [-0.2, 0) is 14.8 Å². The molecular weight excluding hydrogens is 490 g/mol. The summed E-state index contributed by atoms with van der Waals surface area (Å²) in [4.78, 5) is 12.7. The second-order valence-corrected chi connectivity index (χ2v) is 9.64. The minimum Gasteiger partial charge on any atom is -0.323 e. The van der Waals surface area contributed by atoms with Crippen LogP contribution in [0.25, 0.3) is 0 Å². The average molecular weight is 504 g/mol. The van der Waals surface area contributed by atoms with Crippen LogP contribution in [0.3, 0.4) is 0 Å². The van der Waals surface area contributed by atoms with Gasteiger partial charge in [-0.05, 0) is 48.5 Å². The number of anilines is 2. The maximum absolute atomic E-state index is 13.3. The number of sulfonamides is 1. The molecule has 0 aliphatic heterocycles. The number of halogens is 4. The normalized spacial score (nSPS) is 11.2. The Morgan fingerprint density at radius 2 is 1.47 bits per heavy atom. The Hall–Kier alpha value is -1.96. The average Bonchev–Trinajstić information content (AvgIpc) is 2.70. The van der Waals surface area contributed by atoms with Crippen molar-refractivity contribution >= 4 is 73.7 Å². The number of amides is 1. The molecule has 5 nitrogen and oxygen atoms in total. The van der Waals surface area contributed by atoms with E-state index in [1.54, 1.807) is 24.3 Å². The topological polar surface area (TPSA) is 66.5 Å². The lowest BCUT2D eigenvalue weighted by Crippen LogP contribution is -2.38. The zero-order valence-corrected chi connectivity index (χ0v) is 19.0. The van der Waals surface area contributed by atoms with E-state index in [1.165, 1.54) is 42.5 Å². The minimum atomic E-state index is -4.11. The second-order valence-electron chi connectivity index (χ2n) is 6.09. The van der Waals surface area contributed by atoms with Gasteiger partial charge in [-0.1, -0.05) is 64.6 Å². The van der Waals surface area contributed by atoms with E-state index >= 15 is 0 Å². The Morgan fingerprint density at radius 1 is 0.833 bits per heavy atom. The molecule has 3 aromatic carbocycles. The van der Waals surface area contributed by atoms with E-state index in [4.69, 9.17) is 46.4 Å². The summed E-state index contributed by atoms with van der Waals surface area (Å²) in [5.41, 5.74) is 0.366. The lowest BCUT2D eigenvalue weighted by molar-refractivity contribution is -0.114. The van der Waals surface area contributed by atoms with Crippen molar-refractivity contribution in [3.63, 3.8) is 0 Å². The van der Waals surface area contributed by atoms with E-state index in [0.717, 1.165) is 4.31 Å². The highest BCUT2D eigenvalue weighted by Crippen LogP contribution is 2.33. The van der Waals surface area contributed by atoms with Gasteiger partial charge in [0.25, 0.3) is 10.0 Å². The van der Waals surface area contributed by atoms with Crippen molar-refractivity contribution in [3.8, 4) is 0 Å². The molecule has 1 N–H and O–H groups in total. The number of benzene rings is 3. The molecule has 0 saturated carbocycles. The molecule has 3 rings (SSSR count). The molecule has 0 fully saturated rings. The smallest absolute Gasteiger partial charge is 0.264 e. The highest BCUT2D eigenvalue weighted by molar-refractivity contribution is 7.92. The van der Waals surface area contributed by atoms with Gasteiger partial charge in [0.05, 0.1) is 26.3 Å². The highest BCUT2D eigenvalue weighted by Gasteiger charge is 2.29. The Labute approximate surface area is 194 Å². The molecule has 0 heterocycles. The predicted octanol–water partition coefficient (Wildman–Crippen LogP) is 6.13. The van der Waals surface area contributed by atoms with Crippen LogP contribution in [0.4, 0.5) is 11.4 Å². The van der Waals surface area contributed by atoms with Crippen molar-refractivity contribution in [2.75, 3.05) is 16.2 Å². The quantitative estimate of drug-likeness (QED) is 0.439. The molecule has 0 aromatic heterocycles. The minimum absolute atomic E-state index is 0.00426. The summed E-state index contributed by atoms with van der Waals surface area (Å²) in [6.45, 7) is -0.554. The first kappa shape index (κ1) is 22.7. The van der Waals surface area contributed by atoms with Crippen molar-refractivity contribution in [1.82, 2.24) is 0 Å². The molecular formula is C20H14Cl4N2O3S. The summed E-state index contributed by atoms with van der Waals surface area (Å²) >= 11 is 24.2. The molecule has 0 unspecified atom stereocenters. The summed E-state index contributed by atoms with van der Waals surface area (Å²) in [5.74, 6) is -0.635. The van der Waals surface area contributed by atoms with Gasteiger partial charge in [-0.15, -0.1) is 0 Å². The Balaban J connectivity index is 1.99. The van der Waals surface area contributed by atoms with Crippen LogP contribution in [0.5, 0.6) is 0 Å². The van der Waals surface area contributed by atoms with Crippen molar-refractivity contribution in [2.45, 2.75) is 4.90 Å². The summed E-state index contributed by atoms with van der Waals surface area (Å²) in [7, 11) is -4.11. The number of nitrogens with zero attached hydrogens (tertiary/aromatic N) is 1. The first-order valence-corrected chi connectivity index (χ1v) is 11.4. The maximum atomic E-state index is 13.3. The van der Waals surface area contributed by atoms with Crippen LogP contribution >= 0.6 is 46.4 Å². The summed E-state index contributed by atoms with van der Waals surface area (Å²) in [6.07, 6.45) is 0. The lowest BCUT2D eigenvalue weighted by atomic mass is 10.3. The maximum Gasteiger partial charge on any atom is 0.264 e. The van der Waals surface area contributed by atoms with Gasteiger partial charge in [0.15, 0.2) is 0 Å². The van der Waals surface area contributed by atoms with E-state index < -0.39 is 22.5 Å². The van der Waals surface area contributed by atoms with Crippen LogP contribution in [0, 0.1) is 0 Å². The van der Waals surface area contributed by atoms with E-state index in [0.29, 0.717) is 10.0 Å². The van der Waals surface area contributed by atoms with Gasteiger partial charge in [-0.2, -0.15) is 0 Å². The third-order valence-corrected chi connectivity index (χ3v) is 6.88. The Bertz CT molecular complexity index is 1190. The molecule has 0 radical (unpaired) electrons. The molecule has 3 aromatic rings. The van der Waals surface area contributed by atoms with E-state index in [2.05, 4.69) is 5.32 Å². The van der Waals surface area contributed by atoms with Crippen molar-refractivity contribution in [1.29, 1.82) is 0 Å². The van der Waals surface area contributed by atoms with Gasteiger partial charge in [0, 0.05) is 10.0 Å². The molecule has 0 spiro atoms.